The maximum absolute atomic E-state index is 13.8. The minimum atomic E-state index is -0.942. The molecule has 0 bridgehead atoms. The number of amides is 2. The summed E-state index contributed by atoms with van der Waals surface area (Å²) >= 11 is 7.49. The second kappa shape index (κ2) is 9.49. The molecule has 10 heteroatoms. The first kappa shape index (κ1) is 23.6. The maximum atomic E-state index is 13.8. The van der Waals surface area contributed by atoms with Crippen LogP contribution in [0.5, 0.6) is 0 Å². The molecule has 7 unspecified atom stereocenters. The number of carbonyl (C=O) groups excluding carboxylic acids is 1. The van der Waals surface area contributed by atoms with E-state index in [9.17, 15) is 14.3 Å². The number of nitrogens with one attached hydrogen (secondary N) is 1. The molecule has 5 aliphatic rings. The maximum Gasteiger partial charge on any atom is 0.323 e. The van der Waals surface area contributed by atoms with E-state index in [1.807, 2.05) is 11.0 Å². The highest BCUT2D eigenvalue weighted by Crippen LogP contribution is 2.50. The average molecular weight is 499 g/mol. The van der Waals surface area contributed by atoms with Gasteiger partial charge in [0, 0.05) is 31.5 Å². The minimum absolute atomic E-state index is 0.00206. The molecule has 2 fully saturated rings. The number of hydrogen-bond acceptors (Lipinski definition) is 6. The Morgan fingerprint density at radius 2 is 2.30 bits per heavy atom. The Hall–Kier alpha value is -1.13. The van der Waals surface area contributed by atoms with Gasteiger partial charge < -0.3 is 14.7 Å². The standard InChI is InChI=1S/C23H32ClFN4O3S/c1-14(30)28-8-7-23(12-28)13-29(22(31)27-21-26-11-20(24)33-21)19-6-5-17(10-18(19)23)32-16-4-2-3-15(25)9-16/h2-3,10,14-17,19-20,30H,4-9,11-13H2,1H3,(H,26,27,31). The number of halogens is 2. The second-order valence-corrected chi connectivity index (χ2v) is 11.8. The number of allylic oxidation sites excluding steroid dienone is 1. The first-order chi connectivity index (χ1) is 15.8. The van der Waals surface area contributed by atoms with Crippen LogP contribution in [0, 0.1) is 5.41 Å². The number of alkyl halides is 2. The zero-order chi connectivity index (χ0) is 23.2. The van der Waals surface area contributed by atoms with E-state index in [1.165, 1.54) is 17.3 Å². The van der Waals surface area contributed by atoms with Crippen LogP contribution in [0.25, 0.3) is 0 Å². The molecule has 0 aromatic heterocycles. The first-order valence-corrected chi connectivity index (χ1v) is 13.2. The highest BCUT2D eigenvalue weighted by atomic mass is 35.5. The molecule has 0 saturated carbocycles. The molecule has 3 aliphatic heterocycles. The van der Waals surface area contributed by atoms with Gasteiger partial charge in [-0.05, 0) is 38.2 Å². The van der Waals surface area contributed by atoms with Crippen molar-refractivity contribution in [2.45, 2.75) is 74.4 Å². The van der Waals surface area contributed by atoms with Crippen LogP contribution in [0.4, 0.5) is 9.18 Å². The van der Waals surface area contributed by atoms with Gasteiger partial charge in [0.05, 0.1) is 24.8 Å². The van der Waals surface area contributed by atoms with Crippen LogP contribution in [0.15, 0.2) is 28.8 Å². The van der Waals surface area contributed by atoms with E-state index < -0.39 is 12.4 Å². The Balaban J connectivity index is 1.36. The third kappa shape index (κ3) is 4.85. The van der Waals surface area contributed by atoms with Crippen molar-refractivity contribution in [2.24, 2.45) is 10.4 Å². The molecule has 2 amide bonds. The first-order valence-electron chi connectivity index (χ1n) is 11.9. The Kier molecular flexibility index (Phi) is 6.79. The van der Waals surface area contributed by atoms with Crippen LogP contribution in [0.1, 0.15) is 39.0 Å². The molecule has 33 heavy (non-hydrogen) atoms. The van der Waals surface area contributed by atoms with Crippen LogP contribution in [0.3, 0.4) is 0 Å². The number of urea groups is 1. The van der Waals surface area contributed by atoms with Gasteiger partial charge in [-0.1, -0.05) is 30.0 Å². The normalized spacial score (nSPS) is 39.5. The predicted octanol–water partition coefficient (Wildman–Crippen LogP) is 3.24. The highest BCUT2D eigenvalue weighted by molar-refractivity contribution is 8.15. The Morgan fingerprint density at radius 3 is 3.00 bits per heavy atom. The van der Waals surface area contributed by atoms with Crippen molar-refractivity contribution >= 4 is 34.6 Å². The van der Waals surface area contributed by atoms with Crippen molar-refractivity contribution in [3.05, 3.63) is 23.8 Å². The minimum Gasteiger partial charge on any atom is -0.379 e. The molecule has 2 aliphatic carbocycles. The van der Waals surface area contributed by atoms with E-state index >= 15 is 0 Å². The number of hydrogen-bond donors (Lipinski definition) is 2. The number of aliphatic hydroxyl groups is 1. The van der Waals surface area contributed by atoms with Crippen LogP contribution in [0.2, 0.25) is 0 Å². The van der Waals surface area contributed by atoms with E-state index in [1.54, 1.807) is 13.0 Å². The van der Waals surface area contributed by atoms with Gasteiger partial charge in [-0.15, -0.1) is 11.6 Å². The lowest BCUT2D eigenvalue weighted by atomic mass is 9.76. The van der Waals surface area contributed by atoms with Crippen LogP contribution >= 0.6 is 23.4 Å². The molecule has 0 aromatic carbocycles. The summed E-state index contributed by atoms with van der Waals surface area (Å²) in [5, 5.41) is 13.7. The summed E-state index contributed by atoms with van der Waals surface area (Å²) in [6, 6.07) is -0.148. The van der Waals surface area contributed by atoms with Gasteiger partial charge in [0.15, 0.2) is 5.17 Å². The monoisotopic (exact) mass is 498 g/mol. The summed E-state index contributed by atoms with van der Waals surface area (Å²) in [4.78, 5) is 21.6. The molecular formula is C23H32ClFN4O3S. The fourth-order valence-electron chi connectivity index (χ4n) is 5.91. The van der Waals surface area contributed by atoms with Gasteiger partial charge in [0.2, 0.25) is 0 Å². The molecule has 5 rings (SSSR count). The summed E-state index contributed by atoms with van der Waals surface area (Å²) in [6.45, 7) is 4.39. The average Bonchev–Trinajstić information content (AvgIpc) is 3.47. The lowest BCUT2D eigenvalue weighted by Crippen LogP contribution is -2.46. The van der Waals surface area contributed by atoms with Crippen molar-refractivity contribution in [3.8, 4) is 0 Å². The Labute approximate surface area is 203 Å². The fourth-order valence-corrected chi connectivity index (χ4v) is 6.92. The number of fused-ring (bicyclic) bond motifs is 2. The number of thioether (sulfide) groups is 1. The van der Waals surface area contributed by atoms with Crippen molar-refractivity contribution in [1.29, 1.82) is 0 Å². The molecule has 7 atom stereocenters. The van der Waals surface area contributed by atoms with Crippen molar-refractivity contribution < 1.29 is 19.0 Å². The number of aliphatic hydroxyl groups excluding tert-OH is 1. The molecule has 0 radical (unpaired) electrons. The van der Waals surface area contributed by atoms with Gasteiger partial charge in [0.1, 0.15) is 17.1 Å². The largest absolute Gasteiger partial charge is 0.379 e. The summed E-state index contributed by atoms with van der Waals surface area (Å²) in [5.74, 6) is 0. The molecule has 1 spiro atoms. The molecule has 7 nitrogen and oxygen atoms in total. The van der Waals surface area contributed by atoms with Gasteiger partial charge >= 0.3 is 6.03 Å². The van der Waals surface area contributed by atoms with Gasteiger partial charge in [0.25, 0.3) is 0 Å². The lowest BCUT2D eigenvalue weighted by Gasteiger charge is -2.34. The lowest BCUT2D eigenvalue weighted by molar-refractivity contribution is -0.0108. The summed E-state index contributed by atoms with van der Waals surface area (Å²) < 4.78 is 20.0. The van der Waals surface area contributed by atoms with Gasteiger partial charge in [-0.2, -0.15) is 0 Å². The summed E-state index contributed by atoms with van der Waals surface area (Å²) in [7, 11) is 0. The van der Waals surface area contributed by atoms with Gasteiger partial charge in [-0.3, -0.25) is 15.2 Å². The van der Waals surface area contributed by atoms with Crippen LogP contribution < -0.4 is 5.32 Å². The number of nitrogens with zero attached hydrogens (tertiary/aromatic N) is 3. The van der Waals surface area contributed by atoms with E-state index in [0.717, 1.165) is 32.2 Å². The third-order valence-corrected chi connectivity index (χ3v) is 8.78. The fraction of sp³-hybridized carbons (Fsp3) is 0.739. The van der Waals surface area contributed by atoms with Crippen molar-refractivity contribution in [3.63, 3.8) is 0 Å². The van der Waals surface area contributed by atoms with E-state index in [0.29, 0.717) is 31.2 Å². The molecule has 3 heterocycles. The molecule has 2 saturated heterocycles. The topological polar surface area (TPSA) is 77.4 Å². The van der Waals surface area contributed by atoms with Gasteiger partial charge in [-0.25, -0.2) is 9.18 Å². The van der Waals surface area contributed by atoms with Crippen LogP contribution in [-0.4, -0.2) is 87.6 Å². The Bertz CT molecular complexity index is 871. The van der Waals surface area contributed by atoms with E-state index in [2.05, 4.69) is 21.3 Å². The SMILES string of the molecule is CC(O)N1CCC2(C1)CN(C(=O)NC1=NCC(Cl)S1)C1CCC(OC3CC=CC(F)C3)C=C12. The zero-order valence-corrected chi connectivity index (χ0v) is 20.4. The van der Waals surface area contributed by atoms with Crippen LogP contribution in [-0.2, 0) is 4.74 Å². The molecule has 0 aromatic rings. The molecule has 2 N–H and O–H groups in total. The number of rotatable bonds is 3. The number of likely N-dealkylation sites (tertiary alicyclic amines) is 2. The van der Waals surface area contributed by atoms with E-state index in [4.69, 9.17) is 16.3 Å². The number of amidine groups is 1. The van der Waals surface area contributed by atoms with Crippen molar-refractivity contribution in [2.75, 3.05) is 26.2 Å². The zero-order valence-electron chi connectivity index (χ0n) is 18.8. The number of carbonyl (C=O) groups is 1. The number of aliphatic imine (C=N–C) groups is 1. The summed E-state index contributed by atoms with van der Waals surface area (Å²) in [5.41, 5.74) is 1.03. The number of ether oxygens (including phenoxy) is 1. The smallest absolute Gasteiger partial charge is 0.323 e. The predicted molar refractivity (Wildman–Crippen MR) is 128 cm³/mol. The molecule has 182 valence electrons. The summed E-state index contributed by atoms with van der Waals surface area (Å²) in [6.07, 6.45) is 7.65. The third-order valence-electron chi connectivity index (χ3n) is 7.51. The Morgan fingerprint density at radius 1 is 1.45 bits per heavy atom. The quantitative estimate of drug-likeness (QED) is 0.461. The van der Waals surface area contributed by atoms with E-state index in [-0.39, 0.29) is 34.4 Å². The van der Waals surface area contributed by atoms with Crippen molar-refractivity contribution in [1.82, 2.24) is 15.1 Å². The highest BCUT2D eigenvalue weighted by Gasteiger charge is 2.54. The molecular weight excluding hydrogens is 467 g/mol. The second-order valence-electron chi connectivity index (χ2n) is 9.79.